The number of ether oxygens (including phenoxy) is 1. The molecule has 0 atom stereocenters. The zero-order valence-corrected chi connectivity index (χ0v) is 13.3. The van der Waals surface area contributed by atoms with Crippen LogP contribution in [0.3, 0.4) is 0 Å². The summed E-state index contributed by atoms with van der Waals surface area (Å²) in [6, 6.07) is 10.2. The highest BCUT2D eigenvalue weighted by atomic mass is 32.2. The number of hydrogen-bond donors (Lipinski definition) is 1. The Kier molecular flexibility index (Phi) is 4.76. The summed E-state index contributed by atoms with van der Waals surface area (Å²) in [5.41, 5.74) is 0.954. The summed E-state index contributed by atoms with van der Waals surface area (Å²) in [5.74, 6) is -0.261. The standard InChI is InChI=1S/C14H15NO4S2/c1-10-4-3-5-12(8-10)19-13(16)9-15-21(17,18)14-7-6-11(2)20-14/h3-8,15H,9H2,1-2H3. The van der Waals surface area contributed by atoms with Crippen LogP contribution in [-0.4, -0.2) is 20.9 Å². The minimum absolute atomic E-state index is 0.184. The summed E-state index contributed by atoms with van der Waals surface area (Å²) in [6.45, 7) is 3.28. The minimum Gasteiger partial charge on any atom is -0.426 e. The van der Waals surface area contributed by atoms with Crippen LogP contribution in [0.2, 0.25) is 0 Å². The normalized spacial score (nSPS) is 11.3. The molecule has 5 nitrogen and oxygen atoms in total. The lowest BCUT2D eigenvalue weighted by Crippen LogP contribution is -2.31. The van der Waals surface area contributed by atoms with Crippen LogP contribution in [0.4, 0.5) is 0 Å². The van der Waals surface area contributed by atoms with Crippen molar-refractivity contribution in [3.8, 4) is 5.75 Å². The van der Waals surface area contributed by atoms with Crippen LogP contribution in [0.15, 0.2) is 40.6 Å². The van der Waals surface area contributed by atoms with Gasteiger partial charge in [-0.15, -0.1) is 11.3 Å². The molecule has 21 heavy (non-hydrogen) atoms. The van der Waals surface area contributed by atoms with Gasteiger partial charge in [-0.25, -0.2) is 8.42 Å². The molecule has 1 aromatic heterocycles. The van der Waals surface area contributed by atoms with Crippen LogP contribution in [0, 0.1) is 13.8 Å². The molecular formula is C14H15NO4S2. The van der Waals surface area contributed by atoms with E-state index < -0.39 is 22.5 Å². The number of benzene rings is 1. The molecule has 0 unspecified atom stereocenters. The number of rotatable bonds is 5. The van der Waals surface area contributed by atoms with Crippen LogP contribution in [0.1, 0.15) is 10.4 Å². The van der Waals surface area contributed by atoms with Crippen LogP contribution in [0.5, 0.6) is 5.75 Å². The lowest BCUT2D eigenvalue weighted by Gasteiger charge is -2.06. The van der Waals surface area contributed by atoms with Gasteiger partial charge in [-0.2, -0.15) is 4.72 Å². The van der Waals surface area contributed by atoms with Gasteiger partial charge in [0.1, 0.15) is 16.5 Å². The molecule has 0 spiro atoms. The van der Waals surface area contributed by atoms with Crippen molar-refractivity contribution in [2.24, 2.45) is 0 Å². The average molecular weight is 325 g/mol. The van der Waals surface area contributed by atoms with Crippen LogP contribution in [0.25, 0.3) is 0 Å². The number of nitrogens with one attached hydrogen (secondary N) is 1. The quantitative estimate of drug-likeness (QED) is 0.676. The number of aryl methyl sites for hydroxylation is 2. The summed E-state index contributed by atoms with van der Waals surface area (Å²) in [5, 5.41) is 0. The summed E-state index contributed by atoms with van der Waals surface area (Å²) >= 11 is 1.15. The summed E-state index contributed by atoms with van der Waals surface area (Å²) < 4.78 is 31.4. The third-order valence-corrected chi connectivity index (χ3v) is 5.50. The minimum atomic E-state index is -3.67. The SMILES string of the molecule is Cc1cccc(OC(=O)CNS(=O)(=O)c2ccc(C)s2)c1. The highest BCUT2D eigenvalue weighted by Crippen LogP contribution is 2.20. The van der Waals surface area contributed by atoms with E-state index >= 15 is 0 Å². The second-order valence-electron chi connectivity index (χ2n) is 4.48. The van der Waals surface area contributed by atoms with Crippen LogP contribution in [-0.2, 0) is 14.8 Å². The molecule has 0 fully saturated rings. The van der Waals surface area contributed by atoms with Gasteiger partial charge in [0.15, 0.2) is 0 Å². The molecule has 0 aliphatic rings. The molecular weight excluding hydrogens is 310 g/mol. The number of hydrogen-bond acceptors (Lipinski definition) is 5. The van der Waals surface area contributed by atoms with E-state index in [-0.39, 0.29) is 4.21 Å². The number of sulfonamides is 1. The fraction of sp³-hybridized carbons (Fsp3) is 0.214. The molecule has 7 heteroatoms. The van der Waals surface area contributed by atoms with Gasteiger partial charge >= 0.3 is 5.97 Å². The number of thiophene rings is 1. The maximum Gasteiger partial charge on any atom is 0.326 e. The molecule has 2 aromatic rings. The highest BCUT2D eigenvalue weighted by molar-refractivity contribution is 7.91. The summed E-state index contributed by atoms with van der Waals surface area (Å²) in [4.78, 5) is 12.5. The second-order valence-corrected chi connectivity index (χ2v) is 7.76. The van der Waals surface area contributed by atoms with Crippen molar-refractivity contribution < 1.29 is 17.9 Å². The lowest BCUT2D eigenvalue weighted by atomic mass is 10.2. The number of esters is 1. The smallest absolute Gasteiger partial charge is 0.326 e. The predicted molar refractivity (Wildman–Crippen MR) is 81.1 cm³/mol. The van der Waals surface area contributed by atoms with Crippen molar-refractivity contribution in [2.75, 3.05) is 6.54 Å². The van der Waals surface area contributed by atoms with E-state index in [1.54, 1.807) is 24.3 Å². The van der Waals surface area contributed by atoms with E-state index in [1.807, 2.05) is 19.9 Å². The first kappa shape index (κ1) is 15.7. The van der Waals surface area contributed by atoms with Gasteiger partial charge in [-0.1, -0.05) is 12.1 Å². The summed E-state index contributed by atoms with van der Waals surface area (Å²) in [7, 11) is -3.67. The molecule has 0 radical (unpaired) electrons. The molecule has 0 aliphatic carbocycles. The Morgan fingerprint density at radius 1 is 1.24 bits per heavy atom. The second kappa shape index (κ2) is 6.38. The predicted octanol–water partition coefficient (Wildman–Crippen LogP) is 2.25. The Bertz CT molecular complexity index is 750. The molecule has 1 heterocycles. The molecule has 112 valence electrons. The zero-order valence-electron chi connectivity index (χ0n) is 11.6. The lowest BCUT2D eigenvalue weighted by molar-refractivity contribution is -0.133. The highest BCUT2D eigenvalue weighted by Gasteiger charge is 2.18. The number of carbonyl (C=O) groups excluding carboxylic acids is 1. The third kappa shape index (κ3) is 4.38. The van der Waals surface area contributed by atoms with Gasteiger partial charge in [-0.05, 0) is 43.7 Å². The van der Waals surface area contributed by atoms with Gasteiger partial charge in [0.25, 0.3) is 10.0 Å². The van der Waals surface area contributed by atoms with Crippen molar-refractivity contribution in [3.63, 3.8) is 0 Å². The van der Waals surface area contributed by atoms with Crippen molar-refractivity contribution in [1.82, 2.24) is 4.72 Å². The number of carbonyl (C=O) groups is 1. The maximum atomic E-state index is 11.9. The molecule has 0 bridgehead atoms. The molecule has 0 amide bonds. The maximum absolute atomic E-state index is 11.9. The first-order chi connectivity index (χ1) is 9.87. The van der Waals surface area contributed by atoms with E-state index in [4.69, 9.17) is 4.74 Å². The van der Waals surface area contributed by atoms with Crippen molar-refractivity contribution in [3.05, 3.63) is 46.8 Å². The van der Waals surface area contributed by atoms with E-state index in [9.17, 15) is 13.2 Å². The monoisotopic (exact) mass is 325 g/mol. The van der Waals surface area contributed by atoms with Gasteiger partial charge in [0, 0.05) is 4.88 Å². The van der Waals surface area contributed by atoms with E-state index in [1.165, 1.54) is 6.07 Å². The van der Waals surface area contributed by atoms with E-state index in [0.29, 0.717) is 5.75 Å². The Balaban J connectivity index is 1.95. The Morgan fingerprint density at radius 2 is 2.00 bits per heavy atom. The van der Waals surface area contributed by atoms with Crippen LogP contribution >= 0.6 is 11.3 Å². The van der Waals surface area contributed by atoms with Crippen molar-refractivity contribution in [1.29, 1.82) is 0 Å². The average Bonchev–Trinajstić information content (AvgIpc) is 2.84. The zero-order chi connectivity index (χ0) is 15.5. The van der Waals surface area contributed by atoms with Gasteiger partial charge in [-0.3, -0.25) is 4.79 Å². The van der Waals surface area contributed by atoms with Gasteiger partial charge in [0.2, 0.25) is 0 Å². The molecule has 2 rings (SSSR count). The summed E-state index contributed by atoms with van der Waals surface area (Å²) in [6.07, 6.45) is 0. The molecule has 0 saturated carbocycles. The molecule has 0 saturated heterocycles. The fourth-order valence-electron chi connectivity index (χ4n) is 1.63. The largest absolute Gasteiger partial charge is 0.426 e. The fourth-order valence-corrected chi connectivity index (χ4v) is 3.92. The van der Waals surface area contributed by atoms with Crippen molar-refractivity contribution in [2.45, 2.75) is 18.1 Å². The first-order valence-corrected chi connectivity index (χ1v) is 8.50. The Labute approximate surface area is 127 Å². The molecule has 1 N–H and O–H groups in total. The Morgan fingerprint density at radius 3 is 2.62 bits per heavy atom. The molecule has 0 aliphatic heterocycles. The van der Waals surface area contributed by atoms with Gasteiger partial charge < -0.3 is 4.74 Å². The Hall–Kier alpha value is -1.70. The van der Waals surface area contributed by atoms with E-state index in [0.717, 1.165) is 21.8 Å². The third-order valence-electron chi connectivity index (χ3n) is 2.61. The van der Waals surface area contributed by atoms with E-state index in [2.05, 4.69) is 4.72 Å². The molecule has 1 aromatic carbocycles. The first-order valence-electron chi connectivity index (χ1n) is 6.20. The van der Waals surface area contributed by atoms with Gasteiger partial charge in [0.05, 0.1) is 0 Å². The van der Waals surface area contributed by atoms with Crippen molar-refractivity contribution >= 4 is 27.3 Å². The topological polar surface area (TPSA) is 72.5 Å². The van der Waals surface area contributed by atoms with Crippen LogP contribution < -0.4 is 9.46 Å².